The van der Waals surface area contributed by atoms with E-state index in [1.54, 1.807) is 17.0 Å². The van der Waals surface area contributed by atoms with Crippen molar-refractivity contribution in [3.8, 4) is 0 Å². The van der Waals surface area contributed by atoms with Crippen molar-refractivity contribution in [2.24, 2.45) is 14.1 Å². The number of aromatic nitrogens is 4. The maximum atomic E-state index is 11.9. The normalized spacial score (nSPS) is 10.7. The van der Waals surface area contributed by atoms with Crippen LogP contribution >= 0.6 is 0 Å². The van der Waals surface area contributed by atoms with Crippen LogP contribution in [-0.4, -0.2) is 25.2 Å². The van der Waals surface area contributed by atoms with Gasteiger partial charge in [-0.05, 0) is 25.8 Å². The molecule has 1 amide bonds. The van der Waals surface area contributed by atoms with Crippen LogP contribution in [0.5, 0.6) is 0 Å². The van der Waals surface area contributed by atoms with E-state index in [0.717, 1.165) is 17.0 Å². The van der Waals surface area contributed by atoms with E-state index in [9.17, 15) is 4.79 Å². The number of nitrogens with zero attached hydrogens (tertiary/aromatic N) is 4. The molecular formula is C13H19N5O. The number of hydrogen-bond donors (Lipinski definition) is 1. The van der Waals surface area contributed by atoms with E-state index in [1.807, 2.05) is 32.6 Å². The maximum Gasteiger partial charge on any atom is 0.227 e. The molecule has 0 aliphatic carbocycles. The third kappa shape index (κ3) is 2.83. The Balaban J connectivity index is 1.95. The summed E-state index contributed by atoms with van der Waals surface area (Å²) in [5, 5.41) is 7.14. The first kappa shape index (κ1) is 13.3. The summed E-state index contributed by atoms with van der Waals surface area (Å²) in [6.07, 6.45) is 4.58. The Hall–Kier alpha value is -2.11. The van der Waals surface area contributed by atoms with E-state index in [-0.39, 0.29) is 5.91 Å². The largest absolute Gasteiger partial charge is 0.320 e. The van der Waals surface area contributed by atoms with E-state index in [4.69, 9.17) is 0 Å². The summed E-state index contributed by atoms with van der Waals surface area (Å²) < 4.78 is 3.62. The molecule has 0 bridgehead atoms. The van der Waals surface area contributed by atoms with Gasteiger partial charge in [0.05, 0.1) is 5.69 Å². The molecule has 0 aromatic carbocycles. The lowest BCUT2D eigenvalue weighted by atomic mass is 10.1. The molecule has 0 atom stereocenters. The second-order valence-electron chi connectivity index (χ2n) is 4.68. The Morgan fingerprint density at radius 3 is 2.63 bits per heavy atom. The smallest absolute Gasteiger partial charge is 0.227 e. The molecule has 19 heavy (non-hydrogen) atoms. The molecule has 6 heteroatoms. The molecule has 0 spiro atoms. The number of anilines is 1. The molecule has 0 aliphatic rings. The highest BCUT2D eigenvalue weighted by atomic mass is 16.1. The summed E-state index contributed by atoms with van der Waals surface area (Å²) in [6.45, 7) is 3.99. The lowest BCUT2D eigenvalue weighted by Gasteiger charge is -2.05. The van der Waals surface area contributed by atoms with Gasteiger partial charge in [0.2, 0.25) is 11.9 Å². The Kier molecular flexibility index (Phi) is 3.69. The summed E-state index contributed by atoms with van der Waals surface area (Å²) in [5.74, 6) is 0.543. The van der Waals surface area contributed by atoms with Crippen molar-refractivity contribution < 1.29 is 4.79 Å². The van der Waals surface area contributed by atoms with E-state index in [2.05, 4.69) is 15.4 Å². The van der Waals surface area contributed by atoms with Gasteiger partial charge in [-0.1, -0.05) is 0 Å². The summed E-state index contributed by atoms with van der Waals surface area (Å²) >= 11 is 0. The Labute approximate surface area is 112 Å². The van der Waals surface area contributed by atoms with Gasteiger partial charge in [0.1, 0.15) is 0 Å². The molecule has 0 saturated carbocycles. The third-order valence-electron chi connectivity index (χ3n) is 3.33. The molecule has 6 nitrogen and oxygen atoms in total. The Morgan fingerprint density at radius 1 is 1.37 bits per heavy atom. The van der Waals surface area contributed by atoms with Gasteiger partial charge in [0, 0.05) is 38.6 Å². The van der Waals surface area contributed by atoms with Crippen LogP contribution in [0, 0.1) is 13.8 Å². The number of imidazole rings is 1. The standard InChI is InChI=1S/C13H19N5O/c1-9-11(10(2)18(4)16-9)5-6-12(19)15-13-14-7-8-17(13)3/h7-8H,5-6H2,1-4H3,(H,14,15,19). The lowest BCUT2D eigenvalue weighted by molar-refractivity contribution is -0.116. The zero-order valence-electron chi connectivity index (χ0n) is 11.8. The molecule has 2 heterocycles. The fraction of sp³-hybridized carbons (Fsp3) is 0.462. The number of carbonyl (C=O) groups excluding carboxylic acids is 1. The predicted octanol–water partition coefficient (Wildman–Crippen LogP) is 1.34. The summed E-state index contributed by atoms with van der Waals surface area (Å²) in [4.78, 5) is 15.9. The van der Waals surface area contributed by atoms with Gasteiger partial charge < -0.3 is 4.57 Å². The number of hydrogen-bond acceptors (Lipinski definition) is 3. The summed E-state index contributed by atoms with van der Waals surface area (Å²) in [7, 11) is 3.76. The molecule has 1 N–H and O–H groups in total. The number of rotatable bonds is 4. The highest BCUT2D eigenvalue weighted by Gasteiger charge is 2.12. The number of aryl methyl sites for hydroxylation is 3. The van der Waals surface area contributed by atoms with Crippen LogP contribution in [0.4, 0.5) is 5.95 Å². The molecule has 0 aliphatic heterocycles. The lowest BCUT2D eigenvalue weighted by Crippen LogP contribution is -2.15. The Morgan fingerprint density at radius 2 is 2.11 bits per heavy atom. The molecule has 2 aromatic heterocycles. The third-order valence-corrected chi connectivity index (χ3v) is 3.33. The Bertz CT molecular complexity index is 596. The predicted molar refractivity (Wildman–Crippen MR) is 72.8 cm³/mol. The van der Waals surface area contributed by atoms with Gasteiger partial charge in [0.25, 0.3) is 0 Å². The van der Waals surface area contributed by atoms with Crippen molar-refractivity contribution in [2.75, 3.05) is 5.32 Å². The van der Waals surface area contributed by atoms with Crippen LogP contribution in [-0.2, 0) is 25.3 Å². The van der Waals surface area contributed by atoms with Gasteiger partial charge in [0.15, 0.2) is 0 Å². The van der Waals surface area contributed by atoms with E-state index < -0.39 is 0 Å². The van der Waals surface area contributed by atoms with Crippen molar-refractivity contribution in [1.29, 1.82) is 0 Å². The number of nitrogens with one attached hydrogen (secondary N) is 1. The molecule has 2 rings (SSSR count). The quantitative estimate of drug-likeness (QED) is 0.903. The van der Waals surface area contributed by atoms with Crippen molar-refractivity contribution in [2.45, 2.75) is 26.7 Å². The SMILES string of the molecule is Cc1nn(C)c(C)c1CCC(=O)Nc1nccn1C. The summed E-state index contributed by atoms with van der Waals surface area (Å²) in [5.41, 5.74) is 3.25. The number of carbonyl (C=O) groups is 1. The second-order valence-corrected chi connectivity index (χ2v) is 4.68. The van der Waals surface area contributed by atoms with Crippen LogP contribution in [0.2, 0.25) is 0 Å². The van der Waals surface area contributed by atoms with Crippen LogP contribution in [0.15, 0.2) is 12.4 Å². The van der Waals surface area contributed by atoms with Gasteiger partial charge >= 0.3 is 0 Å². The minimum absolute atomic E-state index is 0.0306. The zero-order chi connectivity index (χ0) is 14.0. The van der Waals surface area contributed by atoms with E-state index in [0.29, 0.717) is 18.8 Å². The average Bonchev–Trinajstić information content (AvgIpc) is 2.84. The zero-order valence-corrected chi connectivity index (χ0v) is 11.8. The maximum absolute atomic E-state index is 11.9. The minimum atomic E-state index is -0.0306. The number of amides is 1. The molecule has 0 saturated heterocycles. The van der Waals surface area contributed by atoms with Crippen molar-refractivity contribution in [3.63, 3.8) is 0 Å². The fourth-order valence-electron chi connectivity index (χ4n) is 2.09. The first-order chi connectivity index (χ1) is 8.99. The van der Waals surface area contributed by atoms with Crippen LogP contribution < -0.4 is 5.32 Å². The first-order valence-electron chi connectivity index (χ1n) is 6.25. The van der Waals surface area contributed by atoms with Crippen molar-refractivity contribution in [1.82, 2.24) is 19.3 Å². The minimum Gasteiger partial charge on any atom is -0.320 e. The highest BCUT2D eigenvalue weighted by molar-refractivity contribution is 5.89. The average molecular weight is 261 g/mol. The van der Waals surface area contributed by atoms with Crippen molar-refractivity contribution in [3.05, 3.63) is 29.3 Å². The van der Waals surface area contributed by atoms with E-state index in [1.165, 1.54) is 0 Å². The van der Waals surface area contributed by atoms with Crippen LogP contribution in [0.3, 0.4) is 0 Å². The van der Waals surface area contributed by atoms with Crippen molar-refractivity contribution >= 4 is 11.9 Å². The second kappa shape index (κ2) is 5.26. The highest BCUT2D eigenvalue weighted by Crippen LogP contribution is 2.14. The topological polar surface area (TPSA) is 64.7 Å². The monoisotopic (exact) mass is 261 g/mol. The first-order valence-corrected chi connectivity index (χ1v) is 6.25. The summed E-state index contributed by atoms with van der Waals surface area (Å²) in [6, 6.07) is 0. The van der Waals surface area contributed by atoms with E-state index >= 15 is 0 Å². The van der Waals surface area contributed by atoms with Crippen LogP contribution in [0.25, 0.3) is 0 Å². The fourth-order valence-corrected chi connectivity index (χ4v) is 2.09. The van der Waals surface area contributed by atoms with Gasteiger partial charge in [-0.25, -0.2) is 4.98 Å². The van der Waals surface area contributed by atoms with Gasteiger partial charge in [-0.3, -0.25) is 14.8 Å². The molecule has 0 unspecified atom stereocenters. The molecule has 2 aromatic rings. The van der Waals surface area contributed by atoms with Gasteiger partial charge in [-0.2, -0.15) is 5.10 Å². The molecule has 102 valence electrons. The molecular weight excluding hydrogens is 242 g/mol. The van der Waals surface area contributed by atoms with Gasteiger partial charge in [-0.15, -0.1) is 0 Å². The van der Waals surface area contributed by atoms with Crippen LogP contribution in [0.1, 0.15) is 23.4 Å². The molecule has 0 fully saturated rings. The molecule has 0 radical (unpaired) electrons.